The number of ether oxygens (including phenoxy) is 3. The minimum atomic E-state index is -0.922. The second-order valence-electron chi connectivity index (χ2n) is 5.52. The lowest BCUT2D eigenvalue weighted by Gasteiger charge is -2.17. The maximum atomic E-state index is 12.5. The normalized spacial score (nSPS) is 17.6. The summed E-state index contributed by atoms with van der Waals surface area (Å²) in [5, 5.41) is 0. The van der Waals surface area contributed by atoms with Crippen molar-refractivity contribution in [2.45, 2.75) is 13.0 Å². The Bertz CT molecular complexity index is 833. The molecule has 0 aliphatic carbocycles. The molecule has 2 amide bonds. The smallest absolute Gasteiger partial charge is 0.358 e. The van der Waals surface area contributed by atoms with Gasteiger partial charge in [0, 0.05) is 0 Å². The minimum absolute atomic E-state index is 0.147. The molecule has 0 radical (unpaired) electrons. The van der Waals surface area contributed by atoms with Crippen molar-refractivity contribution in [1.29, 1.82) is 0 Å². The van der Waals surface area contributed by atoms with E-state index in [4.69, 9.17) is 9.47 Å². The number of cyclic esters (lactones) is 1. The predicted octanol–water partition coefficient (Wildman–Crippen LogP) is 1.19. The summed E-state index contributed by atoms with van der Waals surface area (Å²) in [5.74, 6) is -2.75. The largest absolute Gasteiger partial charge is 0.491 e. The molecule has 0 saturated heterocycles. The zero-order valence-electron chi connectivity index (χ0n) is 14.1. The van der Waals surface area contributed by atoms with Crippen LogP contribution >= 0.6 is 0 Å². The first-order valence-corrected chi connectivity index (χ1v) is 7.74. The molecular formula is C18H15NO7. The average Bonchev–Trinajstić information content (AvgIpc) is 3.18. The Hall–Kier alpha value is -3.42. The number of esters is 2. The SMILES string of the molecule is COC(=O)/C(=C/O[C@H](C)C1=CCOC1=O)N1C(=O)c2ccccc2C1=O. The summed E-state index contributed by atoms with van der Waals surface area (Å²) in [5.41, 5.74) is 0.273. The van der Waals surface area contributed by atoms with E-state index < -0.39 is 29.9 Å². The number of nitrogens with zero attached hydrogens (tertiary/aromatic N) is 1. The van der Waals surface area contributed by atoms with E-state index in [0.717, 1.165) is 13.4 Å². The van der Waals surface area contributed by atoms with E-state index in [0.29, 0.717) is 4.90 Å². The van der Waals surface area contributed by atoms with Crippen LogP contribution in [0.1, 0.15) is 27.6 Å². The Labute approximate surface area is 148 Å². The summed E-state index contributed by atoms with van der Waals surface area (Å²) in [6, 6.07) is 6.22. The Morgan fingerprint density at radius 2 is 1.81 bits per heavy atom. The molecule has 0 N–H and O–H groups in total. The van der Waals surface area contributed by atoms with Crippen molar-refractivity contribution in [3.63, 3.8) is 0 Å². The van der Waals surface area contributed by atoms with Crippen molar-refractivity contribution in [2.24, 2.45) is 0 Å². The van der Waals surface area contributed by atoms with E-state index in [1.54, 1.807) is 25.1 Å². The third-order valence-electron chi connectivity index (χ3n) is 4.00. The standard InChI is InChI=1S/C18H15NO7/c1-10(11-7-8-25-17(11)22)26-9-14(18(23)24-2)19-15(20)12-5-3-4-6-13(12)16(19)21/h3-7,9-10H,8H2,1-2H3/b14-9-/t10-/m1/s1. The van der Waals surface area contributed by atoms with Gasteiger partial charge in [0.25, 0.3) is 11.8 Å². The highest BCUT2D eigenvalue weighted by Crippen LogP contribution is 2.27. The highest BCUT2D eigenvalue weighted by molar-refractivity contribution is 6.24. The van der Waals surface area contributed by atoms with E-state index in [1.165, 1.54) is 12.1 Å². The Balaban J connectivity index is 1.90. The number of hydrogen-bond donors (Lipinski definition) is 0. The van der Waals surface area contributed by atoms with Crippen LogP contribution in [0.15, 0.2) is 47.9 Å². The van der Waals surface area contributed by atoms with Gasteiger partial charge >= 0.3 is 11.9 Å². The molecule has 0 unspecified atom stereocenters. The third kappa shape index (κ3) is 2.85. The first-order valence-electron chi connectivity index (χ1n) is 7.74. The fraction of sp³-hybridized carbons (Fsp3) is 0.222. The minimum Gasteiger partial charge on any atom is -0.491 e. The molecule has 0 saturated carbocycles. The number of amides is 2. The van der Waals surface area contributed by atoms with Gasteiger partial charge in [-0.05, 0) is 25.1 Å². The maximum absolute atomic E-state index is 12.5. The van der Waals surface area contributed by atoms with Crippen molar-refractivity contribution in [3.05, 3.63) is 59.0 Å². The van der Waals surface area contributed by atoms with Crippen LogP contribution in [-0.2, 0) is 23.8 Å². The fourth-order valence-corrected chi connectivity index (χ4v) is 2.65. The maximum Gasteiger partial charge on any atom is 0.358 e. The molecule has 1 aromatic carbocycles. The highest BCUT2D eigenvalue weighted by atomic mass is 16.5. The van der Waals surface area contributed by atoms with Crippen LogP contribution in [0.2, 0.25) is 0 Å². The lowest BCUT2D eigenvalue weighted by Crippen LogP contribution is -2.34. The molecule has 26 heavy (non-hydrogen) atoms. The summed E-state index contributed by atoms with van der Waals surface area (Å²) in [6.07, 6.45) is 1.77. The number of carbonyl (C=O) groups is 4. The first-order chi connectivity index (χ1) is 12.5. The molecule has 0 aromatic heterocycles. The van der Waals surface area contributed by atoms with Crippen LogP contribution in [-0.4, -0.2) is 48.5 Å². The van der Waals surface area contributed by atoms with Gasteiger partial charge in [-0.15, -0.1) is 0 Å². The van der Waals surface area contributed by atoms with E-state index in [1.807, 2.05) is 0 Å². The Morgan fingerprint density at radius 3 is 2.31 bits per heavy atom. The predicted molar refractivity (Wildman–Crippen MR) is 86.6 cm³/mol. The van der Waals surface area contributed by atoms with Gasteiger partial charge in [-0.1, -0.05) is 12.1 Å². The lowest BCUT2D eigenvalue weighted by atomic mass is 10.1. The van der Waals surface area contributed by atoms with Gasteiger partial charge in [0.15, 0.2) is 5.70 Å². The van der Waals surface area contributed by atoms with Crippen LogP contribution in [0.25, 0.3) is 0 Å². The summed E-state index contributed by atoms with van der Waals surface area (Å²) in [6.45, 7) is 1.72. The molecule has 134 valence electrons. The van der Waals surface area contributed by atoms with Crippen LogP contribution in [0.3, 0.4) is 0 Å². The summed E-state index contributed by atoms with van der Waals surface area (Å²) in [4.78, 5) is 49.4. The molecule has 3 rings (SSSR count). The van der Waals surface area contributed by atoms with Crippen molar-refractivity contribution >= 4 is 23.8 Å². The van der Waals surface area contributed by atoms with Gasteiger partial charge in [-0.25, -0.2) is 14.5 Å². The average molecular weight is 357 g/mol. The number of benzene rings is 1. The van der Waals surface area contributed by atoms with E-state index >= 15 is 0 Å². The van der Waals surface area contributed by atoms with Gasteiger partial charge in [0.2, 0.25) is 0 Å². The Morgan fingerprint density at radius 1 is 1.19 bits per heavy atom. The lowest BCUT2D eigenvalue weighted by molar-refractivity contribution is -0.137. The first kappa shape index (κ1) is 17.4. The van der Waals surface area contributed by atoms with Gasteiger partial charge in [-0.2, -0.15) is 0 Å². The third-order valence-corrected chi connectivity index (χ3v) is 4.00. The summed E-state index contributed by atoms with van der Waals surface area (Å²) < 4.78 is 14.9. The van der Waals surface area contributed by atoms with Gasteiger partial charge in [0.1, 0.15) is 19.0 Å². The monoisotopic (exact) mass is 357 g/mol. The number of carbonyl (C=O) groups excluding carboxylic acids is 4. The van der Waals surface area contributed by atoms with E-state index in [9.17, 15) is 19.2 Å². The number of imide groups is 1. The van der Waals surface area contributed by atoms with Gasteiger partial charge < -0.3 is 14.2 Å². The second-order valence-corrected chi connectivity index (χ2v) is 5.52. The van der Waals surface area contributed by atoms with Crippen molar-refractivity contribution in [3.8, 4) is 0 Å². The van der Waals surface area contributed by atoms with Crippen molar-refractivity contribution in [2.75, 3.05) is 13.7 Å². The molecule has 0 bridgehead atoms. The molecule has 1 aromatic rings. The summed E-state index contributed by atoms with van der Waals surface area (Å²) in [7, 11) is 1.12. The summed E-state index contributed by atoms with van der Waals surface area (Å²) >= 11 is 0. The molecule has 2 aliphatic rings. The van der Waals surface area contributed by atoms with Crippen LogP contribution in [0, 0.1) is 0 Å². The highest BCUT2D eigenvalue weighted by Gasteiger charge is 2.40. The van der Waals surface area contributed by atoms with Gasteiger partial charge in [-0.3, -0.25) is 9.59 Å². The van der Waals surface area contributed by atoms with Crippen molar-refractivity contribution < 1.29 is 33.4 Å². The zero-order valence-corrected chi connectivity index (χ0v) is 14.1. The van der Waals surface area contributed by atoms with E-state index in [2.05, 4.69) is 4.74 Å². The molecule has 2 heterocycles. The fourth-order valence-electron chi connectivity index (χ4n) is 2.65. The van der Waals surface area contributed by atoms with Gasteiger partial charge in [0.05, 0.1) is 23.8 Å². The molecular weight excluding hydrogens is 342 g/mol. The van der Waals surface area contributed by atoms with Crippen LogP contribution < -0.4 is 0 Å². The van der Waals surface area contributed by atoms with E-state index in [-0.39, 0.29) is 29.0 Å². The van der Waals surface area contributed by atoms with Crippen LogP contribution in [0.5, 0.6) is 0 Å². The zero-order chi connectivity index (χ0) is 18.8. The number of hydrogen-bond acceptors (Lipinski definition) is 7. The molecule has 0 fully saturated rings. The molecule has 8 nitrogen and oxygen atoms in total. The quantitative estimate of drug-likeness (QED) is 0.338. The molecule has 1 atom stereocenters. The molecule has 0 spiro atoms. The molecule has 2 aliphatic heterocycles. The van der Waals surface area contributed by atoms with Crippen molar-refractivity contribution in [1.82, 2.24) is 4.90 Å². The Kier molecular flexibility index (Phi) is 4.57. The molecule has 8 heteroatoms. The number of rotatable bonds is 5. The number of methoxy groups -OCH3 is 1. The van der Waals surface area contributed by atoms with Crippen LogP contribution in [0.4, 0.5) is 0 Å². The number of fused-ring (bicyclic) bond motifs is 1. The second kappa shape index (κ2) is 6.83. The topological polar surface area (TPSA) is 99.2 Å².